The van der Waals surface area contributed by atoms with Crippen molar-refractivity contribution < 1.29 is 14.4 Å². The molecule has 0 N–H and O–H groups in total. The summed E-state index contributed by atoms with van der Waals surface area (Å²) in [6.45, 7) is 9.00. The number of benzene rings is 1. The smallest absolute Gasteiger partial charge is 0.311 e. The minimum absolute atomic E-state index is 0.0672. The summed E-state index contributed by atoms with van der Waals surface area (Å²) in [5.41, 5.74) is 1.33. The number of nitro groups is 1. The van der Waals surface area contributed by atoms with E-state index in [-0.39, 0.29) is 11.4 Å². The van der Waals surface area contributed by atoms with Crippen LogP contribution in [0.2, 0.25) is 0 Å². The van der Waals surface area contributed by atoms with Crippen LogP contribution >= 0.6 is 0 Å². The first-order valence-electron chi connectivity index (χ1n) is 5.71. The van der Waals surface area contributed by atoms with E-state index in [1.165, 1.54) is 13.2 Å². The lowest BCUT2D eigenvalue weighted by Crippen LogP contribution is -1.98. The average molecular weight is 263 g/mol. The molecule has 0 saturated carbocycles. The Kier molecular flexibility index (Phi) is 4.69. The van der Waals surface area contributed by atoms with Gasteiger partial charge in [0.05, 0.1) is 17.8 Å². The Morgan fingerprint density at radius 1 is 1.32 bits per heavy atom. The van der Waals surface area contributed by atoms with E-state index in [9.17, 15) is 10.1 Å². The molecule has 1 aromatic carbocycles. The highest BCUT2D eigenvalue weighted by molar-refractivity contribution is 5.74. The maximum Gasteiger partial charge on any atom is 0.311 e. The molecule has 1 rings (SSSR count). The van der Waals surface area contributed by atoms with Crippen LogP contribution in [0.25, 0.3) is 5.57 Å². The Labute approximate surface area is 112 Å². The maximum absolute atomic E-state index is 11.0. The van der Waals surface area contributed by atoms with Gasteiger partial charge in [0.2, 0.25) is 5.75 Å². The molecular weight excluding hydrogens is 246 g/mol. The van der Waals surface area contributed by atoms with Gasteiger partial charge in [0, 0.05) is 11.6 Å². The second kappa shape index (κ2) is 6.04. The van der Waals surface area contributed by atoms with Crippen LogP contribution in [0, 0.1) is 10.1 Å². The van der Waals surface area contributed by atoms with E-state index in [4.69, 9.17) is 9.47 Å². The fraction of sp³-hybridized carbons (Fsp3) is 0.286. The topological polar surface area (TPSA) is 61.6 Å². The second-order valence-corrected chi connectivity index (χ2v) is 4.10. The lowest BCUT2D eigenvalue weighted by Gasteiger charge is -2.13. The minimum Gasteiger partial charge on any atom is -0.490 e. The molecule has 0 spiro atoms. The Morgan fingerprint density at radius 3 is 2.42 bits per heavy atom. The fourth-order valence-electron chi connectivity index (χ4n) is 1.71. The lowest BCUT2D eigenvalue weighted by atomic mass is 10.0. The van der Waals surface area contributed by atoms with Crippen molar-refractivity contribution in [2.75, 3.05) is 7.11 Å². The van der Waals surface area contributed by atoms with Crippen LogP contribution < -0.4 is 4.74 Å². The average Bonchev–Trinajstić information content (AvgIpc) is 2.35. The van der Waals surface area contributed by atoms with E-state index < -0.39 is 4.92 Å². The minimum atomic E-state index is -0.468. The summed E-state index contributed by atoms with van der Waals surface area (Å²) in [7, 11) is 1.41. The molecule has 19 heavy (non-hydrogen) atoms. The van der Waals surface area contributed by atoms with Crippen molar-refractivity contribution in [1.82, 2.24) is 0 Å². The Bertz CT molecular complexity index is 546. The van der Waals surface area contributed by atoms with E-state index in [1.807, 2.05) is 6.92 Å². The van der Waals surface area contributed by atoms with Crippen LogP contribution in [0.3, 0.4) is 0 Å². The second-order valence-electron chi connectivity index (χ2n) is 4.10. The maximum atomic E-state index is 11.0. The molecule has 0 aliphatic carbocycles. The normalized spacial score (nSPS) is 11.6. The molecular formula is C14H17NO4. The first kappa shape index (κ1) is 14.8. The third-order valence-corrected chi connectivity index (χ3v) is 2.65. The number of hydrogen-bond donors (Lipinski definition) is 0. The summed E-state index contributed by atoms with van der Waals surface area (Å²) in [4.78, 5) is 10.5. The molecule has 0 fully saturated rings. The van der Waals surface area contributed by atoms with E-state index in [1.54, 1.807) is 26.0 Å². The third-order valence-electron chi connectivity index (χ3n) is 2.65. The summed E-state index contributed by atoms with van der Waals surface area (Å²) in [5, 5.41) is 11.0. The largest absolute Gasteiger partial charge is 0.490 e. The molecule has 5 heteroatoms. The lowest BCUT2D eigenvalue weighted by molar-refractivity contribution is -0.385. The van der Waals surface area contributed by atoms with Gasteiger partial charge in [0.1, 0.15) is 5.76 Å². The monoisotopic (exact) mass is 263 g/mol. The van der Waals surface area contributed by atoms with E-state index in [2.05, 4.69) is 6.58 Å². The third kappa shape index (κ3) is 3.34. The summed E-state index contributed by atoms with van der Waals surface area (Å²) in [5.74, 6) is 1.42. The van der Waals surface area contributed by atoms with Gasteiger partial charge in [0.25, 0.3) is 0 Å². The van der Waals surface area contributed by atoms with Gasteiger partial charge in [-0.3, -0.25) is 10.1 Å². The molecule has 0 radical (unpaired) electrons. The number of hydrogen-bond acceptors (Lipinski definition) is 4. The first-order valence-corrected chi connectivity index (χ1v) is 5.71. The van der Waals surface area contributed by atoms with Gasteiger partial charge in [-0.1, -0.05) is 18.7 Å². The van der Waals surface area contributed by atoms with Crippen LogP contribution in [-0.2, 0) is 4.74 Å². The van der Waals surface area contributed by atoms with Crippen molar-refractivity contribution >= 4 is 11.3 Å². The van der Waals surface area contributed by atoms with Crippen molar-refractivity contribution in [3.8, 4) is 5.75 Å². The molecule has 0 saturated heterocycles. The van der Waals surface area contributed by atoms with Crippen LogP contribution in [-0.4, -0.2) is 12.0 Å². The Morgan fingerprint density at radius 2 is 1.95 bits per heavy atom. The Balaban J connectivity index is 3.38. The Hall–Kier alpha value is -2.30. The molecule has 0 unspecified atom stereocenters. The number of ether oxygens (including phenoxy) is 2. The molecule has 5 nitrogen and oxygen atoms in total. The molecule has 0 heterocycles. The molecule has 0 aliphatic rings. The summed E-state index contributed by atoms with van der Waals surface area (Å²) < 4.78 is 10.6. The van der Waals surface area contributed by atoms with Crippen molar-refractivity contribution in [3.63, 3.8) is 0 Å². The number of para-hydroxylation sites is 1. The van der Waals surface area contributed by atoms with E-state index in [0.717, 1.165) is 5.57 Å². The van der Waals surface area contributed by atoms with Gasteiger partial charge in [-0.05, 0) is 26.3 Å². The molecule has 0 aliphatic heterocycles. The fourth-order valence-corrected chi connectivity index (χ4v) is 1.71. The highest BCUT2D eigenvalue weighted by Crippen LogP contribution is 2.36. The van der Waals surface area contributed by atoms with Gasteiger partial charge in [-0.2, -0.15) is 0 Å². The van der Waals surface area contributed by atoms with E-state index in [0.29, 0.717) is 17.1 Å². The predicted octanol–water partition coefficient (Wildman–Crippen LogP) is 3.90. The quantitative estimate of drug-likeness (QED) is 0.459. The molecule has 0 aromatic heterocycles. The van der Waals surface area contributed by atoms with Gasteiger partial charge in [0.15, 0.2) is 0 Å². The van der Waals surface area contributed by atoms with Crippen LogP contribution in [0.5, 0.6) is 5.75 Å². The number of nitro benzene ring substituents is 1. The van der Waals surface area contributed by atoms with Crippen molar-refractivity contribution in [1.29, 1.82) is 0 Å². The summed E-state index contributed by atoms with van der Waals surface area (Å²) >= 11 is 0. The molecule has 102 valence electrons. The SMILES string of the molecule is C=C(C)O/C(C)=C(\C)c1cccc([N+](=O)[O-])c1OC. The molecule has 0 atom stereocenters. The molecule has 1 aromatic rings. The van der Waals surface area contributed by atoms with Crippen LogP contribution in [0.15, 0.2) is 36.3 Å². The van der Waals surface area contributed by atoms with Crippen LogP contribution in [0.4, 0.5) is 5.69 Å². The van der Waals surface area contributed by atoms with Gasteiger partial charge in [-0.25, -0.2) is 0 Å². The number of rotatable bonds is 5. The molecule has 0 bridgehead atoms. The summed E-state index contributed by atoms with van der Waals surface area (Å²) in [6, 6.07) is 4.78. The zero-order valence-corrected chi connectivity index (χ0v) is 11.5. The van der Waals surface area contributed by atoms with Crippen molar-refractivity contribution in [2.24, 2.45) is 0 Å². The highest BCUT2D eigenvalue weighted by Gasteiger charge is 2.20. The number of nitrogens with zero attached hydrogens (tertiary/aromatic N) is 1. The number of methoxy groups -OCH3 is 1. The number of allylic oxidation sites excluding steroid dienone is 3. The highest BCUT2D eigenvalue weighted by atomic mass is 16.6. The van der Waals surface area contributed by atoms with Gasteiger partial charge in [-0.15, -0.1) is 0 Å². The zero-order chi connectivity index (χ0) is 14.6. The zero-order valence-electron chi connectivity index (χ0n) is 11.5. The van der Waals surface area contributed by atoms with Crippen molar-refractivity contribution in [3.05, 3.63) is 52.0 Å². The van der Waals surface area contributed by atoms with Gasteiger partial charge < -0.3 is 9.47 Å². The molecule has 0 amide bonds. The van der Waals surface area contributed by atoms with Crippen molar-refractivity contribution in [2.45, 2.75) is 20.8 Å². The standard InChI is InChI=1S/C14H17NO4/c1-9(2)19-11(4)10(3)12-7-6-8-13(15(16)17)14(12)18-5/h6-8H,1H2,2-5H3/b11-10+. The van der Waals surface area contributed by atoms with E-state index >= 15 is 0 Å². The first-order chi connectivity index (χ1) is 8.88. The van der Waals surface area contributed by atoms with Crippen LogP contribution in [0.1, 0.15) is 26.3 Å². The predicted molar refractivity (Wildman–Crippen MR) is 73.8 cm³/mol. The summed E-state index contributed by atoms with van der Waals surface area (Å²) in [6.07, 6.45) is 0. The van der Waals surface area contributed by atoms with Gasteiger partial charge >= 0.3 is 5.69 Å².